The number of carbonyl (C=O) groups is 1. The second-order valence-corrected chi connectivity index (χ2v) is 5.02. The van der Waals surface area contributed by atoms with Crippen LogP contribution in [0.15, 0.2) is 12.4 Å². The normalized spacial score (nSPS) is 23.3. The summed E-state index contributed by atoms with van der Waals surface area (Å²) in [5, 5.41) is 18.6. The van der Waals surface area contributed by atoms with Gasteiger partial charge in [0.25, 0.3) is 0 Å². The van der Waals surface area contributed by atoms with E-state index < -0.39 is 0 Å². The molecule has 0 atom stereocenters. The largest absolute Gasteiger partial charge is 0.395 e. The molecule has 1 heterocycles. The van der Waals surface area contributed by atoms with Crippen LogP contribution in [-0.2, 0) is 11.3 Å². The Morgan fingerprint density at radius 1 is 1.42 bits per heavy atom. The first-order valence-electron chi connectivity index (χ1n) is 6.76. The second kappa shape index (κ2) is 6.68. The number of hydrogen-bond donors (Lipinski definition) is 3. The lowest BCUT2D eigenvalue weighted by molar-refractivity contribution is -0.138. The average molecular weight is 267 g/mol. The number of carbonyl (C=O) groups excluding carboxylic acids is 1. The Morgan fingerprint density at radius 3 is 2.74 bits per heavy atom. The molecular weight excluding hydrogens is 246 g/mol. The summed E-state index contributed by atoms with van der Waals surface area (Å²) in [5.41, 5.74) is 0. The molecule has 1 fully saturated rings. The van der Waals surface area contributed by atoms with Crippen LogP contribution in [0.5, 0.6) is 0 Å². The fourth-order valence-electron chi connectivity index (χ4n) is 2.53. The molecule has 1 aliphatic carbocycles. The molecule has 0 saturated heterocycles. The van der Waals surface area contributed by atoms with Crippen molar-refractivity contribution in [1.29, 1.82) is 0 Å². The minimum Gasteiger partial charge on any atom is -0.395 e. The van der Waals surface area contributed by atoms with E-state index in [0.29, 0.717) is 25.9 Å². The summed E-state index contributed by atoms with van der Waals surface area (Å²) in [6.45, 7) is 0.659. The summed E-state index contributed by atoms with van der Waals surface area (Å²) in [5.74, 6) is 0.736. The van der Waals surface area contributed by atoms with Gasteiger partial charge in [-0.15, -0.1) is 0 Å². The fraction of sp³-hybridized carbons (Fsp3) is 0.692. The maximum absolute atomic E-state index is 12.4. The zero-order chi connectivity index (χ0) is 13.7. The Balaban J connectivity index is 1.95. The summed E-state index contributed by atoms with van der Waals surface area (Å²) in [6.07, 6.45) is 5.91. The predicted octanol–water partition coefficient (Wildman–Crippen LogP) is 0.282. The van der Waals surface area contributed by atoms with Crippen molar-refractivity contribution >= 4 is 5.91 Å². The van der Waals surface area contributed by atoms with Gasteiger partial charge >= 0.3 is 0 Å². The molecule has 1 aromatic rings. The van der Waals surface area contributed by atoms with E-state index in [9.17, 15) is 9.90 Å². The van der Waals surface area contributed by atoms with Gasteiger partial charge in [-0.05, 0) is 25.7 Å². The number of aliphatic hydroxyl groups is 2. The van der Waals surface area contributed by atoms with E-state index >= 15 is 0 Å². The van der Waals surface area contributed by atoms with Gasteiger partial charge in [-0.3, -0.25) is 4.79 Å². The van der Waals surface area contributed by atoms with E-state index in [4.69, 9.17) is 5.11 Å². The van der Waals surface area contributed by atoms with Crippen molar-refractivity contribution in [2.45, 2.75) is 38.3 Å². The molecule has 1 saturated carbocycles. The molecule has 3 N–H and O–H groups in total. The van der Waals surface area contributed by atoms with Crippen LogP contribution < -0.4 is 0 Å². The molecule has 6 heteroatoms. The van der Waals surface area contributed by atoms with E-state index in [-0.39, 0.29) is 24.5 Å². The highest BCUT2D eigenvalue weighted by atomic mass is 16.3. The van der Waals surface area contributed by atoms with E-state index in [2.05, 4.69) is 9.97 Å². The number of aliphatic hydroxyl groups excluding tert-OH is 2. The van der Waals surface area contributed by atoms with Gasteiger partial charge in [0.15, 0.2) is 0 Å². The highest BCUT2D eigenvalue weighted by Crippen LogP contribution is 2.26. The van der Waals surface area contributed by atoms with Crippen LogP contribution in [0.4, 0.5) is 0 Å². The number of imidazole rings is 1. The van der Waals surface area contributed by atoms with E-state index in [1.54, 1.807) is 17.3 Å². The molecule has 1 aliphatic rings. The van der Waals surface area contributed by atoms with Crippen LogP contribution in [0, 0.1) is 5.92 Å². The third kappa shape index (κ3) is 3.78. The number of nitrogens with zero attached hydrogens (tertiary/aromatic N) is 2. The average Bonchev–Trinajstić information content (AvgIpc) is 2.91. The molecule has 0 aromatic carbocycles. The molecule has 0 radical (unpaired) electrons. The molecule has 0 aliphatic heterocycles. The standard InChI is InChI=1S/C13H21N3O3/c17-8-7-16(9-12-14-5-6-15-12)13(19)10-1-3-11(18)4-2-10/h5-6,10-11,17-18H,1-4,7-9H2,(H,14,15). The minimum atomic E-state index is -0.264. The summed E-state index contributed by atoms with van der Waals surface area (Å²) in [4.78, 5) is 21.1. The van der Waals surface area contributed by atoms with Crippen molar-refractivity contribution in [3.63, 3.8) is 0 Å². The SMILES string of the molecule is O=C(C1CCC(O)CC1)N(CCO)Cc1ncc[nH]1. The number of amides is 1. The zero-order valence-electron chi connectivity index (χ0n) is 11.0. The molecular formula is C13H21N3O3. The number of H-pyrrole nitrogens is 1. The van der Waals surface area contributed by atoms with Crippen LogP contribution in [0.25, 0.3) is 0 Å². The van der Waals surface area contributed by atoms with Crippen molar-refractivity contribution in [1.82, 2.24) is 14.9 Å². The van der Waals surface area contributed by atoms with Crippen LogP contribution >= 0.6 is 0 Å². The Labute approximate surface area is 112 Å². The number of aromatic nitrogens is 2. The smallest absolute Gasteiger partial charge is 0.226 e. The van der Waals surface area contributed by atoms with E-state index in [1.165, 1.54) is 0 Å². The minimum absolute atomic E-state index is 0.0371. The van der Waals surface area contributed by atoms with Crippen molar-refractivity contribution in [3.05, 3.63) is 18.2 Å². The van der Waals surface area contributed by atoms with Crippen LogP contribution in [0.2, 0.25) is 0 Å². The first-order chi connectivity index (χ1) is 9.20. The van der Waals surface area contributed by atoms with Crippen molar-refractivity contribution in [3.8, 4) is 0 Å². The van der Waals surface area contributed by atoms with Crippen molar-refractivity contribution < 1.29 is 15.0 Å². The maximum atomic E-state index is 12.4. The van der Waals surface area contributed by atoms with Gasteiger partial charge in [-0.1, -0.05) is 0 Å². The lowest BCUT2D eigenvalue weighted by Gasteiger charge is -2.30. The van der Waals surface area contributed by atoms with Gasteiger partial charge in [-0.25, -0.2) is 4.98 Å². The third-order valence-corrected chi connectivity index (χ3v) is 3.62. The fourth-order valence-corrected chi connectivity index (χ4v) is 2.53. The van der Waals surface area contributed by atoms with Crippen molar-refractivity contribution in [2.24, 2.45) is 5.92 Å². The van der Waals surface area contributed by atoms with Crippen LogP contribution in [-0.4, -0.2) is 50.2 Å². The number of rotatable bonds is 5. The number of aromatic amines is 1. The highest BCUT2D eigenvalue weighted by Gasteiger charge is 2.28. The van der Waals surface area contributed by atoms with Gasteiger partial charge in [0.1, 0.15) is 5.82 Å². The topological polar surface area (TPSA) is 89.4 Å². The Morgan fingerprint density at radius 2 is 2.16 bits per heavy atom. The Kier molecular flexibility index (Phi) is 4.93. The molecule has 0 spiro atoms. The summed E-state index contributed by atoms with van der Waals surface area (Å²) in [6, 6.07) is 0. The van der Waals surface area contributed by atoms with Crippen LogP contribution in [0.1, 0.15) is 31.5 Å². The number of hydrogen-bond acceptors (Lipinski definition) is 4. The zero-order valence-corrected chi connectivity index (χ0v) is 11.0. The van der Waals surface area contributed by atoms with Gasteiger partial charge < -0.3 is 20.1 Å². The first-order valence-corrected chi connectivity index (χ1v) is 6.76. The van der Waals surface area contributed by atoms with Gasteiger partial charge in [-0.2, -0.15) is 0 Å². The van der Waals surface area contributed by atoms with Gasteiger partial charge in [0.05, 0.1) is 19.3 Å². The van der Waals surface area contributed by atoms with Gasteiger partial charge in [0, 0.05) is 24.9 Å². The molecule has 1 aromatic heterocycles. The summed E-state index contributed by atoms with van der Waals surface area (Å²) < 4.78 is 0. The molecule has 106 valence electrons. The Hall–Kier alpha value is -1.40. The first kappa shape index (κ1) is 14.0. The van der Waals surface area contributed by atoms with E-state index in [1.807, 2.05) is 0 Å². The monoisotopic (exact) mass is 267 g/mol. The van der Waals surface area contributed by atoms with Crippen LogP contribution in [0.3, 0.4) is 0 Å². The molecule has 2 rings (SSSR count). The summed E-state index contributed by atoms with van der Waals surface area (Å²) >= 11 is 0. The Bertz CT molecular complexity index is 386. The lowest BCUT2D eigenvalue weighted by Crippen LogP contribution is -2.39. The summed E-state index contributed by atoms with van der Waals surface area (Å²) in [7, 11) is 0. The third-order valence-electron chi connectivity index (χ3n) is 3.62. The highest BCUT2D eigenvalue weighted by molar-refractivity contribution is 5.78. The molecule has 19 heavy (non-hydrogen) atoms. The molecule has 0 unspecified atom stereocenters. The molecule has 1 amide bonds. The second-order valence-electron chi connectivity index (χ2n) is 5.02. The number of nitrogens with one attached hydrogen (secondary N) is 1. The van der Waals surface area contributed by atoms with Crippen molar-refractivity contribution in [2.75, 3.05) is 13.2 Å². The van der Waals surface area contributed by atoms with Gasteiger partial charge in [0.2, 0.25) is 5.91 Å². The molecule has 0 bridgehead atoms. The van der Waals surface area contributed by atoms with E-state index in [0.717, 1.165) is 18.7 Å². The lowest BCUT2D eigenvalue weighted by atomic mass is 9.86. The molecule has 6 nitrogen and oxygen atoms in total. The maximum Gasteiger partial charge on any atom is 0.226 e. The quantitative estimate of drug-likeness (QED) is 0.715. The predicted molar refractivity (Wildman–Crippen MR) is 69.1 cm³/mol.